The number of carbonyl (C=O) groups is 2. The van der Waals surface area contributed by atoms with Crippen LogP contribution in [0.5, 0.6) is 0 Å². The predicted octanol–water partition coefficient (Wildman–Crippen LogP) is 1.93. The van der Waals surface area contributed by atoms with E-state index in [0.717, 1.165) is 5.69 Å². The van der Waals surface area contributed by atoms with Crippen molar-refractivity contribution in [2.24, 2.45) is 7.05 Å². The smallest absolute Gasteiger partial charge is 0.355 e. The lowest BCUT2D eigenvalue weighted by Gasteiger charge is -2.09. The van der Waals surface area contributed by atoms with Gasteiger partial charge in [0, 0.05) is 18.5 Å². The summed E-state index contributed by atoms with van der Waals surface area (Å²) in [5, 5.41) is 17.2. The minimum Gasteiger partial charge on any atom is -0.508 e. The number of aliphatic hydroxyl groups is 1. The van der Waals surface area contributed by atoms with Gasteiger partial charge in [-0.25, -0.2) is 4.79 Å². The number of hydrogen-bond acceptors (Lipinski definition) is 5. The molecule has 0 aliphatic heterocycles. The van der Waals surface area contributed by atoms with Crippen molar-refractivity contribution >= 4 is 17.5 Å². The second-order valence-corrected chi connectivity index (χ2v) is 4.50. The molecule has 108 valence electrons. The fourth-order valence-corrected chi connectivity index (χ4v) is 1.78. The van der Waals surface area contributed by atoms with Gasteiger partial charge in [0.25, 0.3) is 0 Å². The van der Waals surface area contributed by atoms with E-state index in [2.05, 4.69) is 0 Å². The molecule has 0 saturated carbocycles. The van der Waals surface area contributed by atoms with E-state index in [4.69, 9.17) is 10.1 Å². The van der Waals surface area contributed by atoms with Gasteiger partial charge in [-0.15, -0.1) is 0 Å². The molecule has 0 aliphatic carbocycles. The summed E-state index contributed by atoms with van der Waals surface area (Å²) in [6.07, 6.45) is 0. The standard InChI is InChI=1S/C14H18N2O4/c1-8-5-6-11(16(8)4)14(19)20-7-12(18)13(9(2)15)10(3)17/h5-6,15,18H,7H2,1-4H3/b13-12-,15-9?. The first-order valence-corrected chi connectivity index (χ1v) is 6.03. The van der Waals surface area contributed by atoms with Gasteiger partial charge in [0.1, 0.15) is 18.1 Å². The number of nitrogens with one attached hydrogen (secondary N) is 1. The molecule has 1 aromatic rings. The fourth-order valence-electron chi connectivity index (χ4n) is 1.78. The van der Waals surface area contributed by atoms with Gasteiger partial charge in [-0.3, -0.25) is 4.79 Å². The van der Waals surface area contributed by atoms with Gasteiger partial charge in [-0.1, -0.05) is 0 Å². The molecule has 0 saturated heterocycles. The minimum absolute atomic E-state index is 0.0687. The maximum Gasteiger partial charge on any atom is 0.355 e. The number of rotatable bonds is 5. The summed E-state index contributed by atoms with van der Waals surface area (Å²) in [5.41, 5.74) is 1.06. The van der Waals surface area contributed by atoms with Crippen LogP contribution in [0.1, 0.15) is 30.0 Å². The molecule has 0 amide bonds. The molecule has 0 bridgehead atoms. The van der Waals surface area contributed by atoms with E-state index in [9.17, 15) is 14.7 Å². The van der Waals surface area contributed by atoms with Crippen LogP contribution in [0.25, 0.3) is 0 Å². The van der Waals surface area contributed by atoms with Gasteiger partial charge in [-0.2, -0.15) is 0 Å². The first-order valence-electron chi connectivity index (χ1n) is 6.03. The Morgan fingerprint density at radius 1 is 1.35 bits per heavy atom. The number of ketones is 1. The van der Waals surface area contributed by atoms with E-state index in [1.807, 2.05) is 6.92 Å². The number of hydrogen-bond donors (Lipinski definition) is 2. The normalized spacial score (nSPS) is 11.8. The average Bonchev–Trinajstić information content (AvgIpc) is 2.66. The number of aliphatic hydroxyl groups excluding tert-OH is 1. The van der Waals surface area contributed by atoms with Gasteiger partial charge in [0.15, 0.2) is 5.78 Å². The Morgan fingerprint density at radius 2 is 1.95 bits per heavy atom. The Kier molecular flexibility index (Phi) is 4.85. The zero-order chi connectivity index (χ0) is 15.4. The van der Waals surface area contributed by atoms with Crippen molar-refractivity contribution < 1.29 is 19.4 Å². The second-order valence-electron chi connectivity index (χ2n) is 4.50. The SMILES string of the molecule is CC(=N)/C(C(C)=O)=C(/O)COC(=O)c1ccc(C)n1C. The van der Waals surface area contributed by atoms with Gasteiger partial charge < -0.3 is 19.8 Å². The van der Waals surface area contributed by atoms with Crippen LogP contribution in [0.3, 0.4) is 0 Å². The number of aryl methyl sites for hydroxylation is 1. The molecular formula is C14H18N2O4. The predicted molar refractivity (Wildman–Crippen MR) is 74.2 cm³/mol. The van der Waals surface area contributed by atoms with E-state index in [1.54, 1.807) is 23.7 Å². The molecule has 0 aromatic carbocycles. The van der Waals surface area contributed by atoms with Gasteiger partial charge in [-0.05, 0) is 32.9 Å². The van der Waals surface area contributed by atoms with E-state index in [0.29, 0.717) is 5.69 Å². The number of allylic oxidation sites excluding steroid dienone is 1. The first-order chi connectivity index (χ1) is 9.25. The lowest BCUT2D eigenvalue weighted by Crippen LogP contribution is -2.16. The van der Waals surface area contributed by atoms with Crippen LogP contribution >= 0.6 is 0 Å². The van der Waals surface area contributed by atoms with Crippen molar-refractivity contribution in [3.63, 3.8) is 0 Å². The molecular weight excluding hydrogens is 260 g/mol. The molecule has 2 N–H and O–H groups in total. The lowest BCUT2D eigenvalue weighted by atomic mass is 10.1. The number of aromatic nitrogens is 1. The summed E-state index contributed by atoms with van der Waals surface area (Å²) in [7, 11) is 1.73. The molecule has 1 rings (SSSR count). The zero-order valence-electron chi connectivity index (χ0n) is 12.0. The molecule has 20 heavy (non-hydrogen) atoms. The third-order valence-electron chi connectivity index (χ3n) is 2.94. The van der Waals surface area contributed by atoms with Crippen molar-refractivity contribution in [3.05, 3.63) is 34.9 Å². The van der Waals surface area contributed by atoms with Crippen molar-refractivity contribution in [1.82, 2.24) is 4.57 Å². The highest BCUT2D eigenvalue weighted by Crippen LogP contribution is 2.10. The molecule has 6 heteroatoms. The summed E-state index contributed by atoms with van der Waals surface area (Å²) in [6.45, 7) is 4.04. The van der Waals surface area contributed by atoms with Gasteiger partial charge >= 0.3 is 5.97 Å². The van der Waals surface area contributed by atoms with Crippen LogP contribution in [0, 0.1) is 12.3 Å². The molecule has 0 atom stereocenters. The number of nitrogens with zero attached hydrogens (tertiary/aromatic N) is 1. The van der Waals surface area contributed by atoms with Crippen molar-refractivity contribution in [2.45, 2.75) is 20.8 Å². The largest absolute Gasteiger partial charge is 0.508 e. The second kappa shape index (κ2) is 6.18. The highest BCUT2D eigenvalue weighted by molar-refractivity contribution is 6.19. The lowest BCUT2D eigenvalue weighted by molar-refractivity contribution is -0.113. The maximum atomic E-state index is 11.8. The van der Waals surface area contributed by atoms with Crippen LogP contribution < -0.4 is 0 Å². The molecule has 0 aliphatic rings. The molecule has 1 heterocycles. The molecule has 0 fully saturated rings. The van der Waals surface area contributed by atoms with Crippen LogP contribution in [0.2, 0.25) is 0 Å². The van der Waals surface area contributed by atoms with Crippen LogP contribution in [-0.2, 0) is 16.6 Å². The van der Waals surface area contributed by atoms with Crippen molar-refractivity contribution in [1.29, 1.82) is 5.41 Å². The average molecular weight is 278 g/mol. The zero-order valence-corrected chi connectivity index (χ0v) is 12.0. The van der Waals surface area contributed by atoms with E-state index in [1.165, 1.54) is 13.8 Å². The van der Waals surface area contributed by atoms with E-state index in [-0.39, 0.29) is 11.3 Å². The van der Waals surface area contributed by atoms with E-state index < -0.39 is 24.1 Å². The Balaban J connectivity index is 2.84. The quantitative estimate of drug-likeness (QED) is 0.372. The Hall–Kier alpha value is -2.37. The van der Waals surface area contributed by atoms with Crippen molar-refractivity contribution in [2.75, 3.05) is 6.61 Å². The minimum atomic E-state index is -0.599. The third-order valence-corrected chi connectivity index (χ3v) is 2.94. The number of carbonyl (C=O) groups excluding carboxylic acids is 2. The summed E-state index contributed by atoms with van der Waals surface area (Å²) in [6, 6.07) is 3.39. The third kappa shape index (κ3) is 3.34. The number of ether oxygens (including phenoxy) is 1. The summed E-state index contributed by atoms with van der Waals surface area (Å²) in [4.78, 5) is 23.1. The molecule has 6 nitrogen and oxygen atoms in total. The Bertz CT molecular complexity index is 580. The number of Topliss-reactive ketones (excluding diaryl/α,β-unsaturated/α-hetero) is 1. The topological polar surface area (TPSA) is 92.4 Å². The summed E-state index contributed by atoms with van der Waals surface area (Å²) < 4.78 is 6.61. The molecule has 0 spiro atoms. The fraction of sp³-hybridized carbons (Fsp3) is 0.357. The molecule has 1 aromatic heterocycles. The summed E-state index contributed by atoms with van der Waals surface area (Å²) in [5.74, 6) is -1.46. The maximum absolute atomic E-state index is 11.8. The highest BCUT2D eigenvalue weighted by Gasteiger charge is 2.17. The molecule has 0 radical (unpaired) electrons. The van der Waals surface area contributed by atoms with E-state index >= 15 is 0 Å². The van der Waals surface area contributed by atoms with Gasteiger partial charge in [0.2, 0.25) is 0 Å². The first kappa shape index (κ1) is 15.7. The Morgan fingerprint density at radius 3 is 2.35 bits per heavy atom. The highest BCUT2D eigenvalue weighted by atomic mass is 16.5. The molecule has 0 unspecified atom stereocenters. The monoisotopic (exact) mass is 278 g/mol. The van der Waals surface area contributed by atoms with Crippen molar-refractivity contribution in [3.8, 4) is 0 Å². The van der Waals surface area contributed by atoms with Crippen LogP contribution in [0.4, 0.5) is 0 Å². The number of esters is 1. The van der Waals surface area contributed by atoms with Crippen LogP contribution in [0.15, 0.2) is 23.5 Å². The van der Waals surface area contributed by atoms with Gasteiger partial charge in [0.05, 0.1) is 5.57 Å². The van der Waals surface area contributed by atoms with Crippen LogP contribution in [-0.4, -0.2) is 33.7 Å². The Labute approximate surface area is 117 Å². The summed E-state index contributed by atoms with van der Waals surface area (Å²) >= 11 is 0.